The predicted molar refractivity (Wildman–Crippen MR) is 123 cm³/mol. The van der Waals surface area contributed by atoms with Gasteiger partial charge in [0, 0.05) is 49.1 Å². The number of nitrogens with zero attached hydrogens (tertiary/aromatic N) is 3. The zero-order valence-electron chi connectivity index (χ0n) is 19.8. The third kappa shape index (κ3) is 5.29. The van der Waals surface area contributed by atoms with Crippen molar-refractivity contribution in [2.45, 2.75) is 59.6 Å². The van der Waals surface area contributed by atoms with E-state index in [0.29, 0.717) is 49.5 Å². The summed E-state index contributed by atoms with van der Waals surface area (Å²) in [7, 11) is 0. The summed E-state index contributed by atoms with van der Waals surface area (Å²) in [6.07, 6.45) is -0.0286. The number of fused-ring (bicyclic) bond motifs is 1. The number of carbonyl (C=O) groups excluding carboxylic acids is 2. The molecule has 32 heavy (non-hydrogen) atoms. The van der Waals surface area contributed by atoms with E-state index in [1.54, 1.807) is 13.0 Å². The van der Waals surface area contributed by atoms with Gasteiger partial charge in [-0.25, -0.2) is 14.2 Å². The van der Waals surface area contributed by atoms with Crippen molar-refractivity contribution >= 4 is 28.7 Å². The molecule has 1 atom stereocenters. The number of ether oxygens (including phenoxy) is 1. The Morgan fingerprint density at radius 3 is 2.47 bits per heavy atom. The fourth-order valence-corrected chi connectivity index (χ4v) is 3.89. The first-order valence-corrected chi connectivity index (χ1v) is 11.1. The van der Waals surface area contributed by atoms with Crippen LogP contribution in [0.4, 0.5) is 15.0 Å². The first kappa shape index (κ1) is 23.8. The van der Waals surface area contributed by atoms with E-state index in [1.165, 1.54) is 6.07 Å². The minimum Gasteiger partial charge on any atom is -0.444 e. The second-order valence-electron chi connectivity index (χ2n) is 9.23. The van der Waals surface area contributed by atoms with Crippen LogP contribution in [-0.4, -0.2) is 53.7 Å². The van der Waals surface area contributed by atoms with E-state index in [2.05, 4.69) is 10.2 Å². The summed E-state index contributed by atoms with van der Waals surface area (Å²) < 4.78 is 19.6. The number of piperazine rings is 1. The Morgan fingerprint density at radius 1 is 1.22 bits per heavy atom. The summed E-state index contributed by atoms with van der Waals surface area (Å²) in [6.45, 7) is 13.3. The molecule has 8 heteroatoms. The fourth-order valence-electron chi connectivity index (χ4n) is 3.89. The Morgan fingerprint density at radius 2 is 1.88 bits per heavy atom. The summed E-state index contributed by atoms with van der Waals surface area (Å²) in [5.41, 5.74) is 1.30. The van der Waals surface area contributed by atoms with Crippen molar-refractivity contribution in [1.82, 2.24) is 15.2 Å². The standard InChI is InChI=1S/C24H33FN4O3/c1-7-20(30)28-10-12-29(13-11-28)22-18(16(3)26-23(31)32-24(4,5)6)14-17-8-9-19(25)15(2)21(17)27-22/h8-9,14,16H,7,10-13H2,1-6H3,(H,26,31)/t16-/m0/s1. The molecule has 174 valence electrons. The van der Waals surface area contributed by atoms with Crippen molar-refractivity contribution in [1.29, 1.82) is 0 Å². The van der Waals surface area contributed by atoms with Crippen molar-refractivity contribution in [3.05, 3.63) is 35.1 Å². The van der Waals surface area contributed by atoms with Gasteiger partial charge in [0.05, 0.1) is 11.6 Å². The monoisotopic (exact) mass is 444 g/mol. The van der Waals surface area contributed by atoms with E-state index in [0.717, 1.165) is 10.9 Å². The molecule has 7 nitrogen and oxygen atoms in total. The lowest BCUT2D eigenvalue weighted by Gasteiger charge is -2.37. The number of pyridine rings is 1. The Bertz CT molecular complexity index is 1010. The summed E-state index contributed by atoms with van der Waals surface area (Å²) in [5, 5.41) is 3.70. The third-order valence-electron chi connectivity index (χ3n) is 5.62. The Hall–Kier alpha value is -2.90. The molecule has 2 heterocycles. The first-order valence-electron chi connectivity index (χ1n) is 11.1. The minimum absolute atomic E-state index is 0.134. The lowest BCUT2D eigenvalue weighted by atomic mass is 10.0. The highest BCUT2D eigenvalue weighted by molar-refractivity contribution is 5.85. The van der Waals surface area contributed by atoms with Gasteiger partial charge >= 0.3 is 6.09 Å². The maximum Gasteiger partial charge on any atom is 0.408 e. The van der Waals surface area contributed by atoms with Gasteiger partial charge in [0.15, 0.2) is 0 Å². The van der Waals surface area contributed by atoms with Gasteiger partial charge in [-0.05, 0) is 52.8 Å². The molecule has 2 aromatic rings. The number of halogens is 1. The van der Waals surface area contributed by atoms with Gasteiger partial charge in [0.25, 0.3) is 0 Å². The number of nitrogens with one attached hydrogen (secondary N) is 1. The van der Waals surface area contributed by atoms with Crippen LogP contribution in [0, 0.1) is 12.7 Å². The molecule has 1 N–H and O–H groups in total. The van der Waals surface area contributed by atoms with E-state index in [9.17, 15) is 14.0 Å². The number of benzene rings is 1. The summed E-state index contributed by atoms with van der Waals surface area (Å²) in [5.74, 6) is 0.523. The normalized spacial score (nSPS) is 15.6. The highest BCUT2D eigenvalue weighted by atomic mass is 19.1. The van der Waals surface area contributed by atoms with Crippen LogP contribution in [0.3, 0.4) is 0 Å². The molecule has 1 aliphatic heterocycles. The van der Waals surface area contributed by atoms with Crippen molar-refractivity contribution in [3.8, 4) is 0 Å². The van der Waals surface area contributed by atoms with Crippen LogP contribution in [0.25, 0.3) is 10.9 Å². The second kappa shape index (κ2) is 9.30. The molecule has 1 saturated heterocycles. The highest BCUT2D eigenvalue weighted by Crippen LogP contribution is 2.31. The maximum atomic E-state index is 14.2. The van der Waals surface area contributed by atoms with Crippen molar-refractivity contribution < 1.29 is 18.7 Å². The Kier molecular flexibility index (Phi) is 6.91. The van der Waals surface area contributed by atoms with Gasteiger partial charge in [-0.2, -0.15) is 0 Å². The van der Waals surface area contributed by atoms with Crippen molar-refractivity contribution in [2.24, 2.45) is 0 Å². The molecule has 0 aliphatic carbocycles. The van der Waals surface area contributed by atoms with Crippen LogP contribution in [-0.2, 0) is 9.53 Å². The Labute approximate surface area is 188 Å². The quantitative estimate of drug-likeness (QED) is 0.760. The number of amides is 2. The second-order valence-corrected chi connectivity index (χ2v) is 9.23. The summed E-state index contributed by atoms with van der Waals surface area (Å²) >= 11 is 0. The molecule has 0 spiro atoms. The number of anilines is 1. The number of hydrogen-bond acceptors (Lipinski definition) is 5. The number of aromatic nitrogens is 1. The lowest BCUT2D eigenvalue weighted by molar-refractivity contribution is -0.131. The molecule has 1 aromatic heterocycles. The SMILES string of the molecule is CCC(=O)N1CCN(c2nc3c(C)c(F)ccc3cc2[C@H](C)NC(=O)OC(C)(C)C)CC1. The molecule has 0 radical (unpaired) electrons. The van der Waals surface area contributed by atoms with E-state index in [4.69, 9.17) is 9.72 Å². The molecule has 0 saturated carbocycles. The van der Waals surface area contributed by atoms with E-state index < -0.39 is 11.7 Å². The van der Waals surface area contributed by atoms with Gasteiger partial charge in [-0.3, -0.25) is 4.79 Å². The van der Waals surface area contributed by atoms with Gasteiger partial charge in [-0.15, -0.1) is 0 Å². The molecule has 0 bridgehead atoms. The van der Waals surface area contributed by atoms with E-state index in [-0.39, 0.29) is 17.8 Å². The maximum absolute atomic E-state index is 14.2. The smallest absolute Gasteiger partial charge is 0.408 e. The Balaban J connectivity index is 1.96. The van der Waals surface area contributed by atoms with Gasteiger partial charge in [-0.1, -0.05) is 6.92 Å². The van der Waals surface area contributed by atoms with E-state index >= 15 is 0 Å². The van der Waals surface area contributed by atoms with E-state index in [1.807, 2.05) is 45.6 Å². The number of aryl methyl sites for hydroxylation is 1. The van der Waals surface area contributed by atoms with Crippen LogP contribution >= 0.6 is 0 Å². The molecule has 1 fully saturated rings. The summed E-state index contributed by atoms with van der Waals surface area (Å²) in [6, 6.07) is 4.72. The van der Waals surface area contributed by atoms with Crippen LogP contribution in [0.5, 0.6) is 0 Å². The third-order valence-corrected chi connectivity index (χ3v) is 5.62. The summed E-state index contributed by atoms with van der Waals surface area (Å²) in [4.78, 5) is 33.2. The number of hydrogen-bond donors (Lipinski definition) is 1. The van der Waals surface area contributed by atoms with Gasteiger partial charge < -0.3 is 19.9 Å². The average molecular weight is 445 g/mol. The van der Waals surface area contributed by atoms with Gasteiger partial charge in [0.1, 0.15) is 17.2 Å². The number of rotatable bonds is 4. The van der Waals surface area contributed by atoms with Crippen LogP contribution < -0.4 is 10.2 Å². The van der Waals surface area contributed by atoms with Crippen LogP contribution in [0.15, 0.2) is 18.2 Å². The highest BCUT2D eigenvalue weighted by Gasteiger charge is 2.26. The number of carbonyl (C=O) groups is 2. The van der Waals surface area contributed by atoms with Crippen LogP contribution in [0.1, 0.15) is 58.2 Å². The minimum atomic E-state index is -0.606. The lowest BCUT2D eigenvalue weighted by Crippen LogP contribution is -2.49. The molecule has 3 rings (SSSR count). The van der Waals surface area contributed by atoms with Crippen molar-refractivity contribution in [2.75, 3.05) is 31.1 Å². The molecular weight excluding hydrogens is 411 g/mol. The topological polar surface area (TPSA) is 74.8 Å². The predicted octanol–water partition coefficient (Wildman–Crippen LogP) is 4.33. The zero-order chi connectivity index (χ0) is 23.6. The fraction of sp³-hybridized carbons (Fsp3) is 0.542. The molecule has 1 aromatic carbocycles. The molecule has 2 amide bonds. The largest absolute Gasteiger partial charge is 0.444 e. The van der Waals surface area contributed by atoms with Crippen LogP contribution in [0.2, 0.25) is 0 Å². The first-order chi connectivity index (χ1) is 15.0. The molecule has 0 unspecified atom stereocenters. The molecular formula is C24H33FN4O3. The molecule has 1 aliphatic rings. The number of alkyl carbamates (subject to hydrolysis) is 1. The average Bonchev–Trinajstić information content (AvgIpc) is 2.73. The van der Waals surface area contributed by atoms with Gasteiger partial charge in [0.2, 0.25) is 5.91 Å². The zero-order valence-corrected chi connectivity index (χ0v) is 19.8. The van der Waals surface area contributed by atoms with Crippen molar-refractivity contribution in [3.63, 3.8) is 0 Å².